The van der Waals surface area contributed by atoms with Gasteiger partial charge in [-0.3, -0.25) is 4.79 Å². The van der Waals surface area contributed by atoms with Gasteiger partial charge in [0.2, 0.25) is 5.91 Å². The summed E-state index contributed by atoms with van der Waals surface area (Å²) < 4.78 is 10.7. The van der Waals surface area contributed by atoms with Crippen molar-refractivity contribution in [1.29, 1.82) is 5.26 Å². The lowest BCUT2D eigenvalue weighted by Gasteiger charge is -2.11. The Balaban J connectivity index is 2.42. The normalized spacial score (nSPS) is 9.71. The van der Waals surface area contributed by atoms with Gasteiger partial charge in [0.1, 0.15) is 17.6 Å². The Bertz CT molecular complexity index is 735. The van der Waals surface area contributed by atoms with Gasteiger partial charge in [0, 0.05) is 11.6 Å². The molecular weight excluding hydrogens is 270 g/mol. The maximum atomic E-state index is 11.3. The van der Waals surface area contributed by atoms with Crippen molar-refractivity contribution in [3.05, 3.63) is 47.5 Å². The standard InChI is InChI=1S/C15H13N3O3/c1-20-11-5-10(15(18)19)6-12(7-11)21-13-4-2-3-9(8-16)14(13)17/h2-7H,17H2,1H3,(H2,18,19). The lowest BCUT2D eigenvalue weighted by Crippen LogP contribution is -2.11. The molecule has 4 N–H and O–H groups in total. The number of hydrogen-bond acceptors (Lipinski definition) is 5. The van der Waals surface area contributed by atoms with Crippen molar-refractivity contribution < 1.29 is 14.3 Å². The van der Waals surface area contributed by atoms with Crippen LogP contribution in [0.3, 0.4) is 0 Å². The summed E-state index contributed by atoms with van der Waals surface area (Å²) in [5, 5.41) is 8.94. The van der Waals surface area contributed by atoms with Crippen LogP contribution >= 0.6 is 0 Å². The molecular formula is C15H13N3O3. The summed E-state index contributed by atoms with van der Waals surface area (Å²) >= 11 is 0. The second-order valence-electron chi connectivity index (χ2n) is 4.19. The van der Waals surface area contributed by atoms with E-state index in [-0.39, 0.29) is 11.3 Å². The van der Waals surface area contributed by atoms with Crippen molar-refractivity contribution >= 4 is 11.6 Å². The molecule has 6 heteroatoms. The minimum absolute atomic E-state index is 0.225. The molecule has 0 radical (unpaired) electrons. The van der Waals surface area contributed by atoms with Gasteiger partial charge in [-0.15, -0.1) is 0 Å². The third-order valence-corrected chi connectivity index (χ3v) is 2.81. The van der Waals surface area contributed by atoms with Crippen molar-refractivity contribution in [2.24, 2.45) is 5.73 Å². The minimum atomic E-state index is -0.600. The van der Waals surface area contributed by atoms with Crippen LogP contribution in [0.5, 0.6) is 17.2 Å². The van der Waals surface area contributed by atoms with E-state index in [2.05, 4.69) is 0 Å². The highest BCUT2D eigenvalue weighted by molar-refractivity contribution is 5.93. The van der Waals surface area contributed by atoms with Gasteiger partial charge in [-0.05, 0) is 24.3 Å². The Hall–Kier alpha value is -3.20. The van der Waals surface area contributed by atoms with Crippen molar-refractivity contribution in [3.63, 3.8) is 0 Å². The van der Waals surface area contributed by atoms with E-state index in [1.807, 2.05) is 6.07 Å². The highest BCUT2D eigenvalue weighted by atomic mass is 16.5. The number of anilines is 1. The number of rotatable bonds is 4. The van der Waals surface area contributed by atoms with E-state index >= 15 is 0 Å². The molecule has 0 aliphatic rings. The first kappa shape index (κ1) is 14.2. The molecule has 0 bridgehead atoms. The maximum absolute atomic E-state index is 11.3. The lowest BCUT2D eigenvalue weighted by molar-refractivity contribution is 0.0999. The molecule has 0 atom stereocenters. The van der Waals surface area contributed by atoms with E-state index in [9.17, 15) is 4.79 Å². The molecule has 6 nitrogen and oxygen atoms in total. The van der Waals surface area contributed by atoms with Gasteiger partial charge in [-0.25, -0.2) is 0 Å². The number of hydrogen-bond donors (Lipinski definition) is 2. The van der Waals surface area contributed by atoms with E-state index in [0.29, 0.717) is 22.8 Å². The number of methoxy groups -OCH3 is 1. The molecule has 21 heavy (non-hydrogen) atoms. The molecule has 106 valence electrons. The van der Waals surface area contributed by atoms with Crippen LogP contribution in [0.15, 0.2) is 36.4 Å². The smallest absolute Gasteiger partial charge is 0.248 e. The van der Waals surface area contributed by atoms with Crippen LogP contribution < -0.4 is 20.9 Å². The first-order chi connectivity index (χ1) is 10.0. The van der Waals surface area contributed by atoms with Crippen LogP contribution in [-0.2, 0) is 0 Å². The zero-order valence-corrected chi connectivity index (χ0v) is 11.3. The minimum Gasteiger partial charge on any atom is -0.497 e. The summed E-state index contributed by atoms with van der Waals surface area (Å²) in [7, 11) is 1.47. The second kappa shape index (κ2) is 5.84. The molecule has 0 aromatic heterocycles. The number of primary amides is 1. The van der Waals surface area contributed by atoms with Gasteiger partial charge >= 0.3 is 0 Å². The number of carbonyl (C=O) groups excluding carboxylic acids is 1. The zero-order valence-electron chi connectivity index (χ0n) is 11.3. The molecule has 0 saturated carbocycles. The van der Waals surface area contributed by atoms with Crippen LogP contribution in [0.4, 0.5) is 5.69 Å². The number of nitrogens with zero attached hydrogens (tertiary/aromatic N) is 1. The summed E-state index contributed by atoms with van der Waals surface area (Å²) in [6.45, 7) is 0. The van der Waals surface area contributed by atoms with E-state index in [1.54, 1.807) is 24.3 Å². The van der Waals surface area contributed by atoms with Gasteiger partial charge in [-0.1, -0.05) is 6.07 Å². The maximum Gasteiger partial charge on any atom is 0.248 e. The number of nitrogens with two attached hydrogens (primary N) is 2. The molecule has 0 aliphatic heterocycles. The predicted molar refractivity (Wildman–Crippen MR) is 77.2 cm³/mol. The van der Waals surface area contributed by atoms with E-state index in [4.69, 9.17) is 26.2 Å². The third-order valence-electron chi connectivity index (χ3n) is 2.81. The Kier molecular flexibility index (Phi) is 3.95. The molecule has 0 fully saturated rings. The number of nitriles is 1. The van der Waals surface area contributed by atoms with Crippen LogP contribution in [0.1, 0.15) is 15.9 Å². The van der Waals surface area contributed by atoms with Crippen LogP contribution in [-0.4, -0.2) is 13.0 Å². The Morgan fingerprint density at radius 2 is 1.95 bits per heavy atom. The fraction of sp³-hybridized carbons (Fsp3) is 0.0667. The number of ether oxygens (including phenoxy) is 2. The number of para-hydroxylation sites is 1. The van der Waals surface area contributed by atoms with E-state index < -0.39 is 5.91 Å². The molecule has 2 rings (SSSR count). The predicted octanol–water partition coefficient (Wildman–Crippen LogP) is 2.04. The summed E-state index contributed by atoms with van der Waals surface area (Å²) in [5.74, 6) is 0.483. The number of amides is 1. The number of benzene rings is 2. The molecule has 0 heterocycles. The SMILES string of the molecule is COc1cc(Oc2cccc(C#N)c2N)cc(C(N)=O)c1. The first-order valence-electron chi connectivity index (χ1n) is 6.00. The molecule has 2 aromatic carbocycles. The average molecular weight is 283 g/mol. The Labute approximate surface area is 121 Å². The first-order valence-corrected chi connectivity index (χ1v) is 6.00. The van der Waals surface area contributed by atoms with E-state index in [1.165, 1.54) is 19.2 Å². The lowest BCUT2D eigenvalue weighted by atomic mass is 10.1. The van der Waals surface area contributed by atoms with Crippen molar-refractivity contribution in [2.75, 3.05) is 12.8 Å². The van der Waals surface area contributed by atoms with Crippen molar-refractivity contribution in [3.8, 4) is 23.3 Å². The Morgan fingerprint density at radius 3 is 2.57 bits per heavy atom. The highest BCUT2D eigenvalue weighted by Gasteiger charge is 2.10. The average Bonchev–Trinajstić information content (AvgIpc) is 2.49. The van der Waals surface area contributed by atoms with Crippen molar-refractivity contribution in [1.82, 2.24) is 0 Å². The second-order valence-corrected chi connectivity index (χ2v) is 4.19. The Morgan fingerprint density at radius 1 is 1.24 bits per heavy atom. The number of carbonyl (C=O) groups is 1. The van der Waals surface area contributed by atoms with Gasteiger partial charge in [0.25, 0.3) is 0 Å². The molecule has 0 aliphatic carbocycles. The topological polar surface area (TPSA) is 111 Å². The monoisotopic (exact) mass is 283 g/mol. The largest absolute Gasteiger partial charge is 0.497 e. The number of nitrogen functional groups attached to an aromatic ring is 1. The summed E-state index contributed by atoms with van der Waals surface area (Å²) in [6.07, 6.45) is 0. The zero-order chi connectivity index (χ0) is 15.4. The molecule has 0 spiro atoms. The van der Waals surface area contributed by atoms with Crippen molar-refractivity contribution in [2.45, 2.75) is 0 Å². The third kappa shape index (κ3) is 3.04. The molecule has 0 saturated heterocycles. The summed E-state index contributed by atoms with van der Waals surface area (Å²) in [6, 6.07) is 11.4. The van der Waals surface area contributed by atoms with Gasteiger partial charge < -0.3 is 20.9 Å². The van der Waals surface area contributed by atoms with Crippen LogP contribution in [0.2, 0.25) is 0 Å². The summed E-state index contributed by atoms with van der Waals surface area (Å²) in [5.41, 5.74) is 11.9. The van der Waals surface area contributed by atoms with Crippen LogP contribution in [0, 0.1) is 11.3 Å². The molecule has 2 aromatic rings. The highest BCUT2D eigenvalue weighted by Crippen LogP contribution is 2.32. The van der Waals surface area contributed by atoms with E-state index in [0.717, 1.165) is 0 Å². The summed E-state index contributed by atoms with van der Waals surface area (Å²) in [4.78, 5) is 11.3. The van der Waals surface area contributed by atoms with Gasteiger partial charge in [0.05, 0.1) is 18.4 Å². The van der Waals surface area contributed by atoms with Gasteiger partial charge in [0.15, 0.2) is 5.75 Å². The van der Waals surface area contributed by atoms with Crippen LogP contribution in [0.25, 0.3) is 0 Å². The molecule has 1 amide bonds. The van der Waals surface area contributed by atoms with Gasteiger partial charge in [-0.2, -0.15) is 5.26 Å². The molecule has 0 unspecified atom stereocenters. The fourth-order valence-electron chi connectivity index (χ4n) is 1.75. The quantitative estimate of drug-likeness (QED) is 0.834. The fourth-order valence-corrected chi connectivity index (χ4v) is 1.75.